The van der Waals surface area contributed by atoms with Gasteiger partial charge in [0.15, 0.2) is 0 Å². The van der Waals surface area contributed by atoms with Crippen molar-refractivity contribution in [1.29, 1.82) is 0 Å². The lowest BCUT2D eigenvalue weighted by molar-refractivity contribution is 0.290. The van der Waals surface area contributed by atoms with Crippen LogP contribution in [0.3, 0.4) is 0 Å². The van der Waals surface area contributed by atoms with Crippen LogP contribution in [0.1, 0.15) is 19.4 Å². The van der Waals surface area contributed by atoms with Gasteiger partial charge in [-0.05, 0) is 30.8 Å². The van der Waals surface area contributed by atoms with Crippen molar-refractivity contribution in [2.45, 2.75) is 20.4 Å². The molecule has 142 valence electrons. The second-order valence-corrected chi connectivity index (χ2v) is 6.27. The number of nitrogens with zero attached hydrogens (tertiary/aromatic N) is 1. The monoisotopic (exact) mass is 369 g/mol. The molecule has 0 aliphatic rings. The third kappa shape index (κ3) is 3.48. The van der Waals surface area contributed by atoms with Crippen LogP contribution in [0.4, 0.5) is 0 Å². The molecule has 2 N–H and O–H groups in total. The van der Waals surface area contributed by atoms with Gasteiger partial charge >= 0.3 is 0 Å². The summed E-state index contributed by atoms with van der Waals surface area (Å²) < 4.78 is 10.9. The van der Waals surface area contributed by atoms with Gasteiger partial charge in [0.05, 0.1) is 18.2 Å². The van der Waals surface area contributed by atoms with Crippen LogP contribution in [0.5, 0.6) is 17.2 Å². The molecule has 6 heteroatoms. The summed E-state index contributed by atoms with van der Waals surface area (Å²) in [4.78, 5) is 15.1. The first-order valence-electron chi connectivity index (χ1n) is 8.86. The molecular weight excluding hydrogens is 346 g/mol. The van der Waals surface area contributed by atoms with Crippen LogP contribution in [-0.4, -0.2) is 35.3 Å². The molecule has 1 aromatic heterocycles. The first-order valence-corrected chi connectivity index (χ1v) is 8.86. The zero-order valence-corrected chi connectivity index (χ0v) is 15.7. The number of ether oxygens (including phenoxy) is 1. The summed E-state index contributed by atoms with van der Waals surface area (Å²) in [6.07, 6.45) is 1.37. The van der Waals surface area contributed by atoms with Crippen LogP contribution in [0.15, 0.2) is 45.8 Å². The molecule has 0 bridgehead atoms. The molecule has 0 unspecified atom stereocenters. The maximum absolute atomic E-state index is 13.0. The Morgan fingerprint density at radius 3 is 2.33 bits per heavy atom. The average molecular weight is 369 g/mol. The van der Waals surface area contributed by atoms with Gasteiger partial charge in [0.1, 0.15) is 34.5 Å². The molecule has 2 aromatic carbocycles. The molecule has 3 rings (SSSR count). The zero-order chi connectivity index (χ0) is 19.6. The summed E-state index contributed by atoms with van der Waals surface area (Å²) >= 11 is 0. The van der Waals surface area contributed by atoms with Crippen molar-refractivity contribution in [2.75, 3.05) is 20.2 Å². The van der Waals surface area contributed by atoms with E-state index in [4.69, 9.17) is 9.15 Å². The van der Waals surface area contributed by atoms with Crippen LogP contribution in [0.25, 0.3) is 22.1 Å². The largest absolute Gasteiger partial charge is 0.507 e. The Hall–Kier alpha value is -2.99. The van der Waals surface area contributed by atoms with Gasteiger partial charge in [-0.1, -0.05) is 26.0 Å². The topological polar surface area (TPSA) is 83.1 Å². The van der Waals surface area contributed by atoms with Gasteiger partial charge in [-0.2, -0.15) is 0 Å². The van der Waals surface area contributed by atoms with Crippen molar-refractivity contribution in [3.05, 3.63) is 52.4 Å². The molecule has 0 aliphatic heterocycles. The lowest BCUT2D eigenvalue weighted by Crippen LogP contribution is -2.22. The highest BCUT2D eigenvalue weighted by atomic mass is 16.5. The van der Waals surface area contributed by atoms with Crippen LogP contribution >= 0.6 is 0 Å². The van der Waals surface area contributed by atoms with Crippen molar-refractivity contribution in [3.63, 3.8) is 0 Å². The summed E-state index contributed by atoms with van der Waals surface area (Å²) in [7, 11) is 1.57. The fourth-order valence-corrected chi connectivity index (χ4v) is 3.12. The standard InChI is InChI=1S/C21H23NO5/c1-4-22(5-2)11-15-17(23)10-18(24)19-20(25)16(12-27-21(15)19)13-6-8-14(26-3)9-7-13/h6-10,12,23-24H,4-5,11H2,1-3H3. The first kappa shape index (κ1) is 18.8. The molecule has 27 heavy (non-hydrogen) atoms. The molecule has 3 aromatic rings. The van der Waals surface area contributed by atoms with E-state index in [0.717, 1.165) is 13.1 Å². The van der Waals surface area contributed by atoms with Crippen LogP contribution in [-0.2, 0) is 6.54 Å². The highest BCUT2D eigenvalue weighted by Gasteiger charge is 2.20. The molecule has 0 atom stereocenters. The molecule has 1 heterocycles. The minimum absolute atomic E-state index is 0.0725. The minimum atomic E-state index is -0.347. The van der Waals surface area contributed by atoms with Gasteiger partial charge < -0.3 is 19.4 Å². The van der Waals surface area contributed by atoms with Gasteiger partial charge in [-0.25, -0.2) is 0 Å². The minimum Gasteiger partial charge on any atom is -0.507 e. The van der Waals surface area contributed by atoms with Crippen molar-refractivity contribution in [2.24, 2.45) is 0 Å². The Labute approximate surface area is 157 Å². The lowest BCUT2D eigenvalue weighted by Gasteiger charge is -2.19. The predicted octanol–water partition coefficient (Wildman–Crippen LogP) is 3.72. The number of methoxy groups -OCH3 is 1. The van der Waals surface area contributed by atoms with Crippen molar-refractivity contribution in [1.82, 2.24) is 4.90 Å². The molecule has 0 fully saturated rings. The fourth-order valence-electron chi connectivity index (χ4n) is 3.12. The van der Waals surface area contributed by atoms with Gasteiger partial charge in [0.2, 0.25) is 5.43 Å². The fraction of sp³-hybridized carbons (Fsp3) is 0.286. The Balaban J connectivity index is 2.19. The third-order valence-electron chi connectivity index (χ3n) is 4.78. The molecular formula is C21H23NO5. The van der Waals surface area contributed by atoms with Gasteiger partial charge in [-0.15, -0.1) is 0 Å². The average Bonchev–Trinajstić information content (AvgIpc) is 2.68. The Kier molecular flexibility index (Phi) is 5.37. The highest BCUT2D eigenvalue weighted by Crippen LogP contribution is 2.35. The molecule has 0 spiro atoms. The SMILES string of the molecule is CCN(CC)Cc1c(O)cc(O)c2c(=O)c(-c3ccc(OC)cc3)coc12. The maximum Gasteiger partial charge on any atom is 0.204 e. The van der Waals surface area contributed by atoms with E-state index in [2.05, 4.69) is 4.90 Å². The highest BCUT2D eigenvalue weighted by molar-refractivity contribution is 5.90. The molecule has 0 saturated heterocycles. The number of phenols is 2. The van der Waals surface area contributed by atoms with Crippen LogP contribution in [0.2, 0.25) is 0 Å². The van der Waals surface area contributed by atoms with E-state index in [0.29, 0.717) is 29.0 Å². The number of hydrogen-bond donors (Lipinski definition) is 2. The first-order chi connectivity index (χ1) is 13.0. The van der Waals surface area contributed by atoms with Crippen molar-refractivity contribution < 1.29 is 19.4 Å². The number of hydrogen-bond acceptors (Lipinski definition) is 6. The number of fused-ring (bicyclic) bond motifs is 1. The smallest absolute Gasteiger partial charge is 0.204 e. The Morgan fingerprint density at radius 2 is 1.74 bits per heavy atom. The normalized spacial score (nSPS) is 11.3. The maximum atomic E-state index is 13.0. The van der Waals surface area contributed by atoms with E-state index >= 15 is 0 Å². The van der Waals surface area contributed by atoms with Gasteiger partial charge in [0, 0.05) is 12.6 Å². The van der Waals surface area contributed by atoms with E-state index in [-0.39, 0.29) is 27.9 Å². The zero-order valence-electron chi connectivity index (χ0n) is 15.7. The molecule has 0 amide bonds. The van der Waals surface area contributed by atoms with Gasteiger partial charge in [0.25, 0.3) is 0 Å². The third-order valence-corrected chi connectivity index (χ3v) is 4.78. The second-order valence-electron chi connectivity index (χ2n) is 6.27. The second kappa shape index (κ2) is 7.72. The summed E-state index contributed by atoms with van der Waals surface area (Å²) in [6.45, 7) is 6.02. The lowest BCUT2D eigenvalue weighted by atomic mass is 10.0. The van der Waals surface area contributed by atoms with Crippen molar-refractivity contribution in [3.8, 4) is 28.4 Å². The van der Waals surface area contributed by atoms with E-state index < -0.39 is 0 Å². The van der Waals surface area contributed by atoms with Crippen molar-refractivity contribution >= 4 is 11.0 Å². The summed E-state index contributed by atoms with van der Waals surface area (Å²) in [5.74, 6) is 0.292. The number of benzene rings is 2. The summed E-state index contributed by atoms with van der Waals surface area (Å²) in [5.41, 5.74) is 1.34. The predicted molar refractivity (Wildman–Crippen MR) is 104 cm³/mol. The van der Waals surface area contributed by atoms with Gasteiger partial charge in [-0.3, -0.25) is 9.69 Å². The van der Waals surface area contributed by atoms with E-state index in [1.807, 2.05) is 13.8 Å². The molecule has 0 aliphatic carbocycles. The molecule has 0 saturated carbocycles. The number of phenolic OH excluding ortho intramolecular Hbond substituents is 2. The number of aromatic hydroxyl groups is 2. The number of rotatable bonds is 6. The summed E-state index contributed by atoms with van der Waals surface area (Å²) in [6, 6.07) is 8.22. The molecule has 0 radical (unpaired) electrons. The molecule has 6 nitrogen and oxygen atoms in total. The van der Waals surface area contributed by atoms with Crippen LogP contribution < -0.4 is 10.2 Å². The Morgan fingerprint density at radius 1 is 1.07 bits per heavy atom. The van der Waals surface area contributed by atoms with Crippen LogP contribution in [0, 0.1) is 0 Å². The quantitative estimate of drug-likeness (QED) is 0.689. The van der Waals surface area contributed by atoms with E-state index in [9.17, 15) is 15.0 Å². The summed E-state index contributed by atoms with van der Waals surface area (Å²) in [5, 5.41) is 20.7. The Bertz CT molecular complexity index is 1000. The van der Waals surface area contributed by atoms with E-state index in [1.54, 1.807) is 31.4 Å². The van der Waals surface area contributed by atoms with E-state index in [1.165, 1.54) is 12.3 Å².